The predicted molar refractivity (Wildman–Crippen MR) is 78.9 cm³/mol. The lowest BCUT2D eigenvalue weighted by molar-refractivity contribution is 0.0690. The molecule has 2 rings (SSSR count). The molecule has 0 aliphatic heterocycles. The average molecular weight is 287 g/mol. The Balaban J connectivity index is 2.00. The van der Waals surface area contributed by atoms with E-state index in [0.717, 1.165) is 5.75 Å². The molecule has 0 amide bonds. The normalized spacial score (nSPS) is 10.2. The summed E-state index contributed by atoms with van der Waals surface area (Å²) in [7, 11) is 1.68. The van der Waals surface area contributed by atoms with E-state index in [1.54, 1.807) is 7.05 Å². The highest BCUT2D eigenvalue weighted by molar-refractivity contribution is 5.86. The maximum absolute atomic E-state index is 11.0. The van der Waals surface area contributed by atoms with Crippen LogP contribution in [-0.4, -0.2) is 34.7 Å². The van der Waals surface area contributed by atoms with Gasteiger partial charge in [-0.3, -0.25) is 0 Å². The maximum Gasteiger partial charge on any atom is 0.354 e. The van der Waals surface area contributed by atoms with Crippen molar-refractivity contribution in [3.05, 3.63) is 47.4 Å². The number of carboxylic acid groups (broad SMARTS) is 1. The summed E-state index contributed by atoms with van der Waals surface area (Å²) in [6, 6.07) is 9.12. The van der Waals surface area contributed by atoms with Crippen LogP contribution in [0.25, 0.3) is 0 Å². The molecule has 0 spiro atoms. The van der Waals surface area contributed by atoms with Crippen molar-refractivity contribution in [3.63, 3.8) is 0 Å². The first-order valence-electron chi connectivity index (χ1n) is 6.57. The van der Waals surface area contributed by atoms with Crippen LogP contribution in [0.5, 0.6) is 5.75 Å². The number of nitrogens with zero attached hydrogens (tertiary/aromatic N) is 2. The summed E-state index contributed by atoms with van der Waals surface area (Å²) in [5, 5.41) is 11.8. The summed E-state index contributed by atoms with van der Waals surface area (Å²) in [6.07, 6.45) is 0.434. The Bertz CT molecular complexity index is 627. The zero-order chi connectivity index (χ0) is 15.2. The summed E-state index contributed by atoms with van der Waals surface area (Å²) in [4.78, 5) is 19.2. The number of hydrogen-bond donors (Lipinski definition) is 2. The van der Waals surface area contributed by atoms with Gasteiger partial charge in [0.2, 0.25) is 0 Å². The van der Waals surface area contributed by atoms with Gasteiger partial charge in [0.05, 0.1) is 6.61 Å². The molecule has 0 saturated carbocycles. The summed E-state index contributed by atoms with van der Waals surface area (Å²) < 4.78 is 5.59. The van der Waals surface area contributed by atoms with Gasteiger partial charge in [0.1, 0.15) is 17.4 Å². The fraction of sp³-hybridized carbons (Fsp3) is 0.267. The van der Waals surface area contributed by atoms with Gasteiger partial charge >= 0.3 is 5.97 Å². The van der Waals surface area contributed by atoms with Gasteiger partial charge < -0.3 is 15.2 Å². The molecule has 0 aliphatic carbocycles. The average Bonchev–Trinajstić information content (AvgIpc) is 2.49. The van der Waals surface area contributed by atoms with Crippen LogP contribution in [0, 0.1) is 6.92 Å². The van der Waals surface area contributed by atoms with Crippen molar-refractivity contribution in [3.8, 4) is 5.75 Å². The van der Waals surface area contributed by atoms with Crippen LogP contribution in [0.3, 0.4) is 0 Å². The van der Waals surface area contributed by atoms with Crippen molar-refractivity contribution in [1.29, 1.82) is 0 Å². The number of carboxylic acids is 1. The summed E-state index contributed by atoms with van der Waals surface area (Å²) in [5.41, 5.74) is 1.14. The molecule has 2 N–H and O–H groups in total. The van der Waals surface area contributed by atoms with E-state index < -0.39 is 5.97 Å². The zero-order valence-corrected chi connectivity index (χ0v) is 12.0. The standard InChI is InChI=1S/C15H17N3O3/c1-10-3-5-11(6-4-10)21-8-7-13-17-12(15(19)20)9-14(16-2)18-13/h3-6,9H,7-8H2,1-2H3,(H,19,20)(H,16,17,18). The highest BCUT2D eigenvalue weighted by atomic mass is 16.5. The van der Waals surface area contributed by atoms with E-state index in [4.69, 9.17) is 9.84 Å². The fourth-order valence-corrected chi connectivity index (χ4v) is 1.74. The molecular formula is C15H17N3O3. The number of rotatable bonds is 6. The smallest absolute Gasteiger partial charge is 0.354 e. The molecule has 0 aliphatic rings. The highest BCUT2D eigenvalue weighted by Gasteiger charge is 2.10. The number of aromatic carboxylic acids is 1. The molecule has 1 aromatic heterocycles. The van der Waals surface area contributed by atoms with Gasteiger partial charge in [-0.1, -0.05) is 17.7 Å². The molecule has 110 valence electrons. The van der Waals surface area contributed by atoms with Crippen LogP contribution in [0.1, 0.15) is 21.9 Å². The number of anilines is 1. The first kappa shape index (κ1) is 14.8. The Morgan fingerprint density at radius 3 is 2.62 bits per heavy atom. The van der Waals surface area contributed by atoms with E-state index in [2.05, 4.69) is 15.3 Å². The third-order valence-electron chi connectivity index (χ3n) is 2.86. The van der Waals surface area contributed by atoms with Crippen molar-refractivity contribution >= 4 is 11.8 Å². The van der Waals surface area contributed by atoms with Gasteiger partial charge in [0.25, 0.3) is 0 Å². The van der Waals surface area contributed by atoms with Crippen LogP contribution in [0.2, 0.25) is 0 Å². The van der Waals surface area contributed by atoms with Gasteiger partial charge in [-0.2, -0.15) is 0 Å². The molecule has 0 unspecified atom stereocenters. The molecule has 0 bridgehead atoms. The Hall–Kier alpha value is -2.63. The van der Waals surface area contributed by atoms with E-state index in [1.165, 1.54) is 11.6 Å². The molecular weight excluding hydrogens is 270 g/mol. The van der Waals surface area contributed by atoms with Crippen LogP contribution in [0.15, 0.2) is 30.3 Å². The van der Waals surface area contributed by atoms with Crippen LogP contribution < -0.4 is 10.1 Å². The van der Waals surface area contributed by atoms with Gasteiger partial charge in [-0.15, -0.1) is 0 Å². The molecule has 2 aromatic rings. The summed E-state index contributed by atoms with van der Waals surface area (Å²) >= 11 is 0. The molecule has 21 heavy (non-hydrogen) atoms. The quantitative estimate of drug-likeness (QED) is 0.847. The first-order chi connectivity index (χ1) is 10.1. The lowest BCUT2D eigenvalue weighted by atomic mass is 10.2. The molecule has 1 aromatic carbocycles. The Morgan fingerprint density at radius 1 is 1.29 bits per heavy atom. The largest absolute Gasteiger partial charge is 0.493 e. The van der Waals surface area contributed by atoms with E-state index in [9.17, 15) is 4.79 Å². The van der Waals surface area contributed by atoms with Gasteiger partial charge in [0, 0.05) is 19.5 Å². The van der Waals surface area contributed by atoms with Crippen molar-refractivity contribution < 1.29 is 14.6 Å². The van der Waals surface area contributed by atoms with E-state index in [1.807, 2.05) is 31.2 Å². The topological polar surface area (TPSA) is 84.3 Å². The van der Waals surface area contributed by atoms with Crippen molar-refractivity contribution in [2.45, 2.75) is 13.3 Å². The van der Waals surface area contributed by atoms with Crippen LogP contribution in [-0.2, 0) is 6.42 Å². The van der Waals surface area contributed by atoms with Gasteiger partial charge in [-0.25, -0.2) is 14.8 Å². The van der Waals surface area contributed by atoms with E-state index in [-0.39, 0.29) is 5.69 Å². The second-order valence-electron chi connectivity index (χ2n) is 4.52. The van der Waals surface area contributed by atoms with Gasteiger partial charge in [-0.05, 0) is 19.1 Å². The van der Waals surface area contributed by atoms with Gasteiger partial charge in [0.15, 0.2) is 5.69 Å². The van der Waals surface area contributed by atoms with Crippen molar-refractivity contribution in [2.75, 3.05) is 19.0 Å². The van der Waals surface area contributed by atoms with Crippen LogP contribution in [0.4, 0.5) is 5.82 Å². The lowest BCUT2D eigenvalue weighted by Gasteiger charge is -2.08. The summed E-state index contributed by atoms with van der Waals surface area (Å²) in [6.45, 7) is 2.39. The maximum atomic E-state index is 11.0. The van der Waals surface area contributed by atoms with Crippen LogP contribution >= 0.6 is 0 Å². The van der Waals surface area contributed by atoms with E-state index in [0.29, 0.717) is 24.7 Å². The molecule has 1 heterocycles. The summed E-state index contributed by atoms with van der Waals surface area (Å²) in [5.74, 6) is 0.609. The van der Waals surface area contributed by atoms with Crippen molar-refractivity contribution in [1.82, 2.24) is 9.97 Å². The number of aryl methyl sites for hydroxylation is 1. The predicted octanol–water partition coefficient (Wildman–Crippen LogP) is 2.15. The Kier molecular flexibility index (Phi) is 4.71. The van der Waals surface area contributed by atoms with E-state index >= 15 is 0 Å². The zero-order valence-electron chi connectivity index (χ0n) is 12.0. The number of nitrogens with one attached hydrogen (secondary N) is 1. The molecule has 0 fully saturated rings. The monoisotopic (exact) mass is 287 g/mol. The molecule has 0 radical (unpaired) electrons. The minimum absolute atomic E-state index is 0.0281. The SMILES string of the molecule is CNc1cc(C(=O)O)nc(CCOc2ccc(C)cc2)n1. The number of benzene rings is 1. The lowest BCUT2D eigenvalue weighted by Crippen LogP contribution is -2.11. The molecule has 6 nitrogen and oxygen atoms in total. The Morgan fingerprint density at radius 2 is 2.00 bits per heavy atom. The molecule has 6 heteroatoms. The van der Waals surface area contributed by atoms with Crippen molar-refractivity contribution in [2.24, 2.45) is 0 Å². The molecule has 0 saturated heterocycles. The third kappa shape index (κ3) is 4.17. The third-order valence-corrected chi connectivity index (χ3v) is 2.86. The Labute approximate surface area is 122 Å². The minimum atomic E-state index is -1.07. The highest BCUT2D eigenvalue weighted by Crippen LogP contribution is 2.12. The number of ether oxygens (including phenoxy) is 1. The second kappa shape index (κ2) is 6.69. The molecule has 0 atom stereocenters. The second-order valence-corrected chi connectivity index (χ2v) is 4.52. The number of hydrogen-bond acceptors (Lipinski definition) is 5. The number of aromatic nitrogens is 2. The minimum Gasteiger partial charge on any atom is -0.493 e. The first-order valence-corrected chi connectivity index (χ1v) is 6.57. The fourth-order valence-electron chi connectivity index (χ4n) is 1.74. The number of carbonyl (C=O) groups is 1.